The number of anilines is 2. The molecule has 176 valence electrons. The van der Waals surface area contributed by atoms with Crippen molar-refractivity contribution >= 4 is 40.5 Å². The highest BCUT2D eigenvalue weighted by molar-refractivity contribution is 6.33. The van der Waals surface area contributed by atoms with E-state index in [-0.39, 0.29) is 5.91 Å². The Morgan fingerprint density at radius 2 is 1.59 bits per heavy atom. The van der Waals surface area contributed by atoms with Gasteiger partial charge in [-0.05, 0) is 54.8 Å². The second-order valence-corrected chi connectivity index (χ2v) is 8.74. The van der Waals surface area contributed by atoms with E-state index in [9.17, 15) is 4.79 Å². The number of nitrogens with one attached hydrogen (secondary N) is 1. The van der Waals surface area contributed by atoms with Crippen molar-refractivity contribution in [2.24, 2.45) is 10.7 Å². The van der Waals surface area contributed by atoms with E-state index in [0.29, 0.717) is 23.1 Å². The fourth-order valence-corrected chi connectivity index (χ4v) is 4.19. The highest BCUT2D eigenvalue weighted by Crippen LogP contribution is 2.24. The third kappa shape index (κ3) is 6.51. The van der Waals surface area contributed by atoms with Crippen LogP contribution < -0.4 is 16.0 Å². The van der Waals surface area contributed by atoms with E-state index < -0.39 is 0 Å². The van der Waals surface area contributed by atoms with Crippen LogP contribution in [0.25, 0.3) is 0 Å². The normalized spacial score (nSPS) is 14.2. The summed E-state index contributed by atoms with van der Waals surface area (Å²) in [5.74, 6) is 0.531. The molecule has 34 heavy (non-hydrogen) atoms. The number of benzene rings is 3. The van der Waals surface area contributed by atoms with Crippen LogP contribution in [0.5, 0.6) is 0 Å². The molecule has 3 aromatic rings. The number of guanidine groups is 1. The van der Waals surface area contributed by atoms with Gasteiger partial charge in [0.1, 0.15) is 0 Å². The van der Waals surface area contributed by atoms with Gasteiger partial charge in [0.15, 0.2) is 5.96 Å². The molecule has 1 saturated heterocycles. The van der Waals surface area contributed by atoms with E-state index in [1.54, 1.807) is 0 Å². The van der Waals surface area contributed by atoms with Crippen molar-refractivity contribution in [3.05, 3.63) is 89.4 Å². The topological polar surface area (TPSA) is 74.0 Å². The fourth-order valence-electron chi connectivity index (χ4n) is 4.01. The molecular formula is C27H30ClN5O. The number of hydrogen-bond donors (Lipinski definition) is 2. The average molecular weight is 476 g/mol. The highest BCUT2D eigenvalue weighted by Gasteiger charge is 2.19. The van der Waals surface area contributed by atoms with Crippen molar-refractivity contribution in [2.75, 3.05) is 36.4 Å². The molecule has 0 aliphatic carbocycles. The lowest BCUT2D eigenvalue weighted by Gasteiger charge is -2.36. The number of carbonyl (C=O) groups is 1. The molecule has 1 amide bonds. The summed E-state index contributed by atoms with van der Waals surface area (Å²) in [7, 11) is 0. The van der Waals surface area contributed by atoms with Gasteiger partial charge in [-0.2, -0.15) is 0 Å². The molecule has 0 radical (unpaired) electrons. The van der Waals surface area contributed by atoms with Gasteiger partial charge in [-0.25, -0.2) is 4.99 Å². The van der Waals surface area contributed by atoms with E-state index in [0.717, 1.165) is 50.4 Å². The molecule has 7 heteroatoms. The van der Waals surface area contributed by atoms with E-state index in [1.165, 1.54) is 5.56 Å². The zero-order valence-electron chi connectivity index (χ0n) is 19.2. The monoisotopic (exact) mass is 475 g/mol. The van der Waals surface area contributed by atoms with Crippen LogP contribution in [0.4, 0.5) is 17.1 Å². The van der Waals surface area contributed by atoms with Crippen LogP contribution in [-0.4, -0.2) is 42.9 Å². The van der Waals surface area contributed by atoms with Crippen molar-refractivity contribution in [1.82, 2.24) is 4.90 Å². The third-order valence-corrected chi connectivity index (χ3v) is 6.24. The first-order chi connectivity index (χ1) is 16.6. The summed E-state index contributed by atoms with van der Waals surface area (Å²) in [4.78, 5) is 21.2. The molecule has 0 saturated carbocycles. The first kappa shape index (κ1) is 23.6. The summed E-state index contributed by atoms with van der Waals surface area (Å²) in [5, 5.41) is 3.59. The maximum absolute atomic E-state index is 12.3. The van der Waals surface area contributed by atoms with Gasteiger partial charge >= 0.3 is 0 Å². The van der Waals surface area contributed by atoms with Crippen molar-refractivity contribution in [1.29, 1.82) is 0 Å². The van der Waals surface area contributed by atoms with Gasteiger partial charge in [0.05, 0.1) is 10.7 Å². The molecule has 3 N–H and O–H groups in total. The van der Waals surface area contributed by atoms with Gasteiger partial charge in [-0.1, -0.05) is 54.1 Å². The number of halogens is 1. The van der Waals surface area contributed by atoms with E-state index >= 15 is 0 Å². The summed E-state index contributed by atoms with van der Waals surface area (Å²) >= 11 is 6.19. The lowest BCUT2D eigenvalue weighted by atomic mass is 10.1. The molecule has 6 nitrogen and oxygen atoms in total. The van der Waals surface area contributed by atoms with Crippen LogP contribution in [0, 0.1) is 0 Å². The molecule has 4 rings (SSSR count). The molecule has 0 unspecified atom stereocenters. The quantitative estimate of drug-likeness (QED) is 0.369. The molecule has 0 spiro atoms. The van der Waals surface area contributed by atoms with E-state index in [1.807, 2.05) is 54.6 Å². The third-order valence-electron chi connectivity index (χ3n) is 5.92. The Bertz CT molecular complexity index is 1110. The summed E-state index contributed by atoms with van der Waals surface area (Å²) in [6.07, 6.45) is 2.25. The number of carbonyl (C=O) groups excluding carboxylic acids is 1. The van der Waals surface area contributed by atoms with Gasteiger partial charge in [-0.3, -0.25) is 4.79 Å². The standard InChI is InChI=1S/C27H30ClN5O/c28-24-10-4-5-11-25(24)31-27(29)33-19-17-32(18-20-33)23-15-13-22(14-16-23)30-26(34)12-6-9-21-7-2-1-3-8-21/h1-5,7-8,10-11,13-16H,6,9,12,17-20H2,(H2,29,31)(H,30,34). The summed E-state index contributed by atoms with van der Waals surface area (Å²) < 4.78 is 0. The highest BCUT2D eigenvalue weighted by atomic mass is 35.5. The first-order valence-corrected chi connectivity index (χ1v) is 12.0. The SMILES string of the molecule is NC(=Nc1ccccc1Cl)N1CCN(c2ccc(NC(=O)CCCc3ccccc3)cc2)CC1. The predicted octanol–water partition coefficient (Wildman–Crippen LogP) is 5.07. The van der Waals surface area contributed by atoms with Crippen LogP contribution in [0.3, 0.4) is 0 Å². The largest absolute Gasteiger partial charge is 0.369 e. The molecule has 0 aromatic heterocycles. The Balaban J connectivity index is 1.23. The number of rotatable bonds is 7. The van der Waals surface area contributed by atoms with E-state index in [4.69, 9.17) is 17.3 Å². The van der Waals surface area contributed by atoms with Gasteiger partial charge in [0.2, 0.25) is 5.91 Å². The molecule has 1 aliphatic heterocycles. The van der Waals surface area contributed by atoms with Crippen molar-refractivity contribution in [2.45, 2.75) is 19.3 Å². The lowest BCUT2D eigenvalue weighted by molar-refractivity contribution is -0.116. The smallest absolute Gasteiger partial charge is 0.224 e. The number of aliphatic imine (C=N–C) groups is 1. The minimum Gasteiger partial charge on any atom is -0.369 e. The van der Waals surface area contributed by atoms with Gasteiger partial charge in [0, 0.05) is 44.0 Å². The van der Waals surface area contributed by atoms with Crippen LogP contribution in [0.1, 0.15) is 18.4 Å². The second-order valence-electron chi connectivity index (χ2n) is 8.33. The van der Waals surface area contributed by atoms with Crippen molar-refractivity contribution < 1.29 is 4.79 Å². The first-order valence-electron chi connectivity index (χ1n) is 11.6. The molecule has 1 heterocycles. The number of aryl methyl sites for hydroxylation is 1. The molecule has 0 atom stereocenters. The fraction of sp³-hybridized carbons (Fsp3) is 0.259. The maximum Gasteiger partial charge on any atom is 0.224 e. The second kappa shape index (κ2) is 11.6. The Labute approximate surface area is 206 Å². The number of piperazine rings is 1. The summed E-state index contributed by atoms with van der Waals surface area (Å²) in [6, 6.07) is 25.7. The molecule has 1 fully saturated rings. The predicted molar refractivity (Wildman–Crippen MR) is 141 cm³/mol. The van der Waals surface area contributed by atoms with Gasteiger partial charge in [-0.15, -0.1) is 0 Å². The number of amides is 1. The molecule has 1 aliphatic rings. The zero-order chi connectivity index (χ0) is 23.8. The van der Waals surface area contributed by atoms with Gasteiger partial charge < -0.3 is 20.9 Å². The van der Waals surface area contributed by atoms with Crippen molar-refractivity contribution in [3.8, 4) is 0 Å². The number of nitrogens with two attached hydrogens (primary N) is 1. The number of hydrogen-bond acceptors (Lipinski definition) is 3. The number of nitrogens with zero attached hydrogens (tertiary/aromatic N) is 3. The van der Waals surface area contributed by atoms with Crippen LogP contribution in [-0.2, 0) is 11.2 Å². The Hall–Kier alpha value is -3.51. The molecule has 3 aromatic carbocycles. The Morgan fingerprint density at radius 1 is 0.912 bits per heavy atom. The zero-order valence-corrected chi connectivity index (χ0v) is 19.9. The number of para-hydroxylation sites is 1. The van der Waals surface area contributed by atoms with Crippen LogP contribution in [0.2, 0.25) is 5.02 Å². The maximum atomic E-state index is 12.3. The Morgan fingerprint density at radius 3 is 2.29 bits per heavy atom. The van der Waals surface area contributed by atoms with Crippen molar-refractivity contribution in [3.63, 3.8) is 0 Å². The summed E-state index contributed by atoms with van der Waals surface area (Å²) in [5.41, 5.74) is 10.1. The molecule has 0 bridgehead atoms. The van der Waals surface area contributed by atoms with E-state index in [2.05, 4.69) is 44.4 Å². The minimum atomic E-state index is 0.0468. The van der Waals surface area contributed by atoms with Gasteiger partial charge in [0.25, 0.3) is 0 Å². The summed E-state index contributed by atoms with van der Waals surface area (Å²) in [6.45, 7) is 3.23. The Kier molecular flexibility index (Phi) is 8.04. The minimum absolute atomic E-state index is 0.0468. The van der Waals surface area contributed by atoms with Crippen LogP contribution in [0.15, 0.2) is 83.9 Å². The lowest BCUT2D eigenvalue weighted by Crippen LogP contribution is -2.51. The van der Waals surface area contributed by atoms with Crippen LogP contribution >= 0.6 is 11.6 Å². The molecular weight excluding hydrogens is 446 g/mol. The average Bonchev–Trinajstić information content (AvgIpc) is 2.87.